The second kappa shape index (κ2) is 7.29. The molecule has 26 heavy (non-hydrogen) atoms. The lowest BCUT2D eigenvalue weighted by atomic mass is 9.91. The molecule has 1 atom stereocenters. The van der Waals surface area contributed by atoms with Crippen molar-refractivity contribution in [2.24, 2.45) is 5.92 Å². The molecule has 2 heterocycles. The highest BCUT2D eigenvalue weighted by molar-refractivity contribution is 7.88. The van der Waals surface area contributed by atoms with E-state index in [4.69, 9.17) is 4.74 Å². The molecule has 1 amide bonds. The lowest BCUT2D eigenvalue weighted by Gasteiger charge is -2.47. The number of ether oxygens (including phenoxy) is 1. The molecule has 1 aromatic carbocycles. The predicted octanol–water partition coefficient (Wildman–Crippen LogP) is 2.04. The van der Waals surface area contributed by atoms with Gasteiger partial charge in [-0.25, -0.2) is 12.7 Å². The molecule has 0 aliphatic carbocycles. The third-order valence-corrected chi connectivity index (χ3v) is 6.73. The molecule has 1 aromatic rings. The van der Waals surface area contributed by atoms with Crippen LogP contribution in [0, 0.1) is 5.92 Å². The monoisotopic (exact) mass is 380 g/mol. The van der Waals surface area contributed by atoms with Crippen molar-refractivity contribution < 1.29 is 17.9 Å². The van der Waals surface area contributed by atoms with Crippen LogP contribution in [0.4, 0.5) is 0 Å². The van der Waals surface area contributed by atoms with Crippen LogP contribution < -0.4 is 0 Å². The highest BCUT2D eigenvalue weighted by atomic mass is 32.2. The summed E-state index contributed by atoms with van der Waals surface area (Å²) >= 11 is 0. The Morgan fingerprint density at radius 1 is 1.15 bits per heavy atom. The van der Waals surface area contributed by atoms with Crippen LogP contribution in [0.2, 0.25) is 0 Å². The van der Waals surface area contributed by atoms with Crippen LogP contribution in [0.5, 0.6) is 0 Å². The Bertz CT molecular complexity index is 740. The molecule has 0 N–H and O–H groups in total. The van der Waals surface area contributed by atoms with Crippen molar-refractivity contribution in [2.75, 3.05) is 32.5 Å². The second-order valence-corrected chi connectivity index (χ2v) is 9.89. The van der Waals surface area contributed by atoms with Crippen molar-refractivity contribution in [2.45, 2.75) is 38.3 Å². The van der Waals surface area contributed by atoms with E-state index in [2.05, 4.69) is 0 Å². The molecule has 0 radical (unpaired) electrons. The summed E-state index contributed by atoms with van der Waals surface area (Å²) in [6.07, 6.45) is 2.26. The first kappa shape index (κ1) is 19.3. The third-order valence-electron chi connectivity index (χ3n) is 5.43. The molecular weight excluding hydrogens is 352 g/mol. The van der Waals surface area contributed by atoms with Crippen LogP contribution in [-0.4, -0.2) is 61.6 Å². The number of nitrogens with zero attached hydrogens (tertiary/aromatic N) is 2. The molecule has 2 aliphatic heterocycles. The highest BCUT2D eigenvalue weighted by Crippen LogP contribution is 2.33. The zero-order valence-electron chi connectivity index (χ0n) is 15.7. The van der Waals surface area contributed by atoms with E-state index in [0.717, 1.165) is 5.56 Å². The summed E-state index contributed by atoms with van der Waals surface area (Å²) in [5, 5.41) is 0. The van der Waals surface area contributed by atoms with Crippen LogP contribution in [0.3, 0.4) is 0 Å². The van der Waals surface area contributed by atoms with Gasteiger partial charge in [0.1, 0.15) is 6.10 Å². The Labute approximate surface area is 156 Å². The number of morpholine rings is 1. The van der Waals surface area contributed by atoms with Crippen molar-refractivity contribution in [3.63, 3.8) is 0 Å². The fourth-order valence-corrected chi connectivity index (χ4v) is 4.63. The van der Waals surface area contributed by atoms with Crippen LogP contribution in [0.25, 0.3) is 0 Å². The molecule has 6 nitrogen and oxygen atoms in total. The first-order valence-electron chi connectivity index (χ1n) is 9.11. The SMILES string of the molecule is CC1(C)COC(c2ccccc2)CN1C(=O)C1CCN(S(C)(=O)=O)CC1. The number of carbonyl (C=O) groups excluding carboxylic acids is 1. The van der Waals surface area contributed by atoms with Crippen LogP contribution in [0.15, 0.2) is 30.3 Å². The standard InChI is InChI=1S/C19H28N2O4S/c1-19(2)14-25-17(15-7-5-4-6-8-15)13-21(19)18(22)16-9-11-20(12-10-16)26(3,23)24/h4-8,16-17H,9-14H2,1-3H3. The van der Waals surface area contributed by atoms with Crippen molar-refractivity contribution >= 4 is 15.9 Å². The number of sulfonamides is 1. The largest absolute Gasteiger partial charge is 0.369 e. The van der Waals surface area contributed by atoms with E-state index in [1.54, 1.807) is 0 Å². The number of benzene rings is 1. The van der Waals surface area contributed by atoms with Gasteiger partial charge in [0.05, 0.1) is 24.9 Å². The van der Waals surface area contributed by atoms with Crippen LogP contribution >= 0.6 is 0 Å². The molecule has 0 saturated carbocycles. The van der Waals surface area contributed by atoms with Gasteiger partial charge in [0, 0.05) is 19.0 Å². The molecular formula is C19H28N2O4S. The first-order chi connectivity index (χ1) is 12.2. The molecule has 1 unspecified atom stereocenters. The fraction of sp³-hybridized carbons (Fsp3) is 0.632. The van der Waals surface area contributed by atoms with E-state index in [-0.39, 0.29) is 23.5 Å². The van der Waals surface area contributed by atoms with E-state index in [0.29, 0.717) is 39.1 Å². The van der Waals surface area contributed by atoms with E-state index in [1.165, 1.54) is 10.6 Å². The minimum absolute atomic E-state index is 0.118. The van der Waals surface area contributed by atoms with Gasteiger partial charge in [0.15, 0.2) is 0 Å². The maximum atomic E-state index is 13.2. The Balaban J connectivity index is 1.70. The summed E-state index contributed by atoms with van der Waals surface area (Å²) in [6, 6.07) is 9.97. The summed E-state index contributed by atoms with van der Waals surface area (Å²) in [7, 11) is -3.18. The first-order valence-corrected chi connectivity index (χ1v) is 11.0. The summed E-state index contributed by atoms with van der Waals surface area (Å²) in [5.74, 6) is -0.00539. The number of piperidine rings is 1. The number of carbonyl (C=O) groups is 1. The maximum absolute atomic E-state index is 13.2. The van der Waals surface area contributed by atoms with Crippen LogP contribution in [-0.2, 0) is 19.6 Å². The molecule has 2 fully saturated rings. The van der Waals surface area contributed by atoms with Gasteiger partial charge < -0.3 is 9.64 Å². The van der Waals surface area contributed by atoms with E-state index in [1.807, 2.05) is 49.1 Å². The van der Waals surface area contributed by atoms with Gasteiger partial charge in [-0.3, -0.25) is 4.79 Å². The summed E-state index contributed by atoms with van der Waals surface area (Å²) < 4.78 is 30.9. The third kappa shape index (κ3) is 4.10. The van der Waals surface area contributed by atoms with Gasteiger partial charge in [-0.2, -0.15) is 0 Å². The molecule has 2 saturated heterocycles. The van der Waals surface area contributed by atoms with Crippen LogP contribution in [0.1, 0.15) is 38.4 Å². The van der Waals surface area contributed by atoms with Gasteiger partial charge in [0.25, 0.3) is 0 Å². The molecule has 0 aromatic heterocycles. The number of hydrogen-bond donors (Lipinski definition) is 0. The second-order valence-electron chi connectivity index (χ2n) is 7.91. The molecule has 0 bridgehead atoms. The fourth-order valence-electron chi connectivity index (χ4n) is 3.76. The molecule has 7 heteroatoms. The quantitative estimate of drug-likeness (QED) is 0.805. The van der Waals surface area contributed by atoms with Gasteiger partial charge in [-0.15, -0.1) is 0 Å². The van der Waals surface area contributed by atoms with E-state index >= 15 is 0 Å². The zero-order chi connectivity index (χ0) is 18.9. The van der Waals surface area contributed by atoms with Gasteiger partial charge in [-0.1, -0.05) is 30.3 Å². The average molecular weight is 381 g/mol. The Hall–Kier alpha value is -1.44. The molecule has 3 rings (SSSR count). The maximum Gasteiger partial charge on any atom is 0.226 e. The minimum Gasteiger partial charge on any atom is -0.369 e. The predicted molar refractivity (Wildman–Crippen MR) is 100 cm³/mol. The Morgan fingerprint density at radius 2 is 1.77 bits per heavy atom. The van der Waals surface area contributed by atoms with E-state index < -0.39 is 10.0 Å². The summed E-state index contributed by atoms with van der Waals surface area (Å²) in [6.45, 7) is 5.91. The van der Waals surface area contributed by atoms with Crippen molar-refractivity contribution in [3.05, 3.63) is 35.9 Å². The topological polar surface area (TPSA) is 66.9 Å². The van der Waals surface area contributed by atoms with E-state index in [9.17, 15) is 13.2 Å². The molecule has 2 aliphatic rings. The minimum atomic E-state index is -3.18. The zero-order valence-corrected chi connectivity index (χ0v) is 16.5. The van der Waals surface area contributed by atoms with Crippen molar-refractivity contribution in [3.8, 4) is 0 Å². The van der Waals surface area contributed by atoms with Gasteiger partial charge >= 0.3 is 0 Å². The van der Waals surface area contributed by atoms with Crippen molar-refractivity contribution in [1.82, 2.24) is 9.21 Å². The summed E-state index contributed by atoms with van der Waals surface area (Å²) in [4.78, 5) is 15.1. The number of rotatable bonds is 3. The molecule has 0 spiro atoms. The van der Waals surface area contributed by atoms with Gasteiger partial charge in [0.2, 0.25) is 15.9 Å². The number of amides is 1. The number of hydrogen-bond acceptors (Lipinski definition) is 4. The Morgan fingerprint density at radius 3 is 2.35 bits per heavy atom. The normalized spacial score (nSPS) is 25.2. The lowest BCUT2D eigenvalue weighted by molar-refractivity contribution is -0.160. The summed E-state index contributed by atoms with van der Waals surface area (Å²) in [5.41, 5.74) is 0.712. The smallest absolute Gasteiger partial charge is 0.226 e. The van der Waals surface area contributed by atoms with Gasteiger partial charge in [-0.05, 0) is 32.3 Å². The lowest BCUT2D eigenvalue weighted by Crippen LogP contribution is -2.58. The average Bonchev–Trinajstić information content (AvgIpc) is 2.61. The highest BCUT2D eigenvalue weighted by Gasteiger charge is 2.41. The van der Waals surface area contributed by atoms with Crippen molar-refractivity contribution in [1.29, 1.82) is 0 Å². The Kier molecular flexibility index (Phi) is 5.42. The molecule has 144 valence electrons.